The highest BCUT2D eigenvalue weighted by Crippen LogP contribution is 2.34. The monoisotopic (exact) mass is 380 g/mol. The Bertz CT molecular complexity index is 1190. The number of ether oxygens (including phenoxy) is 1. The molecule has 136 valence electrons. The van der Waals surface area contributed by atoms with Crippen molar-refractivity contribution in [2.45, 2.75) is 25.8 Å². The number of benzene rings is 1. The molecule has 7 nitrogen and oxygen atoms in total. The van der Waals surface area contributed by atoms with Gasteiger partial charge in [-0.1, -0.05) is 5.16 Å². The van der Waals surface area contributed by atoms with Crippen molar-refractivity contribution in [3.63, 3.8) is 0 Å². The second-order valence-electron chi connectivity index (χ2n) is 6.46. The molecule has 1 aliphatic carbocycles. The summed E-state index contributed by atoms with van der Waals surface area (Å²) in [4.78, 5) is 23.9. The molecule has 3 heterocycles. The van der Waals surface area contributed by atoms with E-state index in [4.69, 9.17) is 9.26 Å². The highest BCUT2D eigenvalue weighted by molar-refractivity contribution is 7.18. The molecule has 5 rings (SSSR count). The molecule has 0 unspecified atom stereocenters. The van der Waals surface area contributed by atoms with Crippen molar-refractivity contribution in [2.24, 2.45) is 0 Å². The molecule has 0 spiro atoms. The van der Waals surface area contributed by atoms with E-state index in [1.807, 2.05) is 24.3 Å². The van der Waals surface area contributed by atoms with Gasteiger partial charge in [0.05, 0.1) is 18.8 Å². The summed E-state index contributed by atoms with van der Waals surface area (Å²) in [5, 5.41) is 4.77. The summed E-state index contributed by atoms with van der Waals surface area (Å²) in [6.07, 6.45) is 4.68. The number of hydrogen-bond donors (Lipinski definition) is 0. The van der Waals surface area contributed by atoms with Gasteiger partial charge in [-0.25, -0.2) is 4.98 Å². The second-order valence-corrected chi connectivity index (χ2v) is 7.54. The summed E-state index contributed by atoms with van der Waals surface area (Å²) in [5.41, 5.74) is 1.96. The average Bonchev–Trinajstić information content (AvgIpc) is 3.40. The summed E-state index contributed by atoms with van der Waals surface area (Å²) in [5.74, 6) is 1.61. The van der Waals surface area contributed by atoms with E-state index < -0.39 is 0 Å². The van der Waals surface area contributed by atoms with Gasteiger partial charge >= 0.3 is 0 Å². The summed E-state index contributed by atoms with van der Waals surface area (Å²) in [6.45, 7) is 0.204. The van der Waals surface area contributed by atoms with Gasteiger partial charge < -0.3 is 9.26 Å². The molecule has 1 aromatic carbocycles. The quantitative estimate of drug-likeness (QED) is 0.541. The maximum atomic E-state index is 12.9. The fourth-order valence-corrected chi connectivity index (χ4v) is 4.67. The molecule has 0 aliphatic heterocycles. The first-order chi connectivity index (χ1) is 13.2. The first kappa shape index (κ1) is 16.2. The lowest BCUT2D eigenvalue weighted by molar-refractivity contribution is 0.369. The predicted molar refractivity (Wildman–Crippen MR) is 101 cm³/mol. The van der Waals surface area contributed by atoms with E-state index in [1.165, 1.54) is 10.4 Å². The molecule has 0 bridgehead atoms. The molecule has 0 radical (unpaired) electrons. The zero-order valence-electron chi connectivity index (χ0n) is 14.6. The molecule has 1 aliphatic rings. The van der Waals surface area contributed by atoms with E-state index in [-0.39, 0.29) is 12.1 Å². The third kappa shape index (κ3) is 2.73. The van der Waals surface area contributed by atoms with Crippen LogP contribution in [0, 0.1) is 0 Å². The zero-order valence-corrected chi connectivity index (χ0v) is 15.5. The maximum Gasteiger partial charge on any atom is 0.262 e. The number of methoxy groups -OCH3 is 1. The highest BCUT2D eigenvalue weighted by atomic mass is 32.1. The van der Waals surface area contributed by atoms with E-state index in [0.717, 1.165) is 40.8 Å². The van der Waals surface area contributed by atoms with Crippen LogP contribution in [0.4, 0.5) is 0 Å². The molecule has 0 N–H and O–H groups in total. The van der Waals surface area contributed by atoms with Crippen LogP contribution in [0.5, 0.6) is 5.75 Å². The first-order valence-corrected chi connectivity index (χ1v) is 9.51. The number of thiophene rings is 1. The smallest absolute Gasteiger partial charge is 0.262 e. The summed E-state index contributed by atoms with van der Waals surface area (Å²) in [6, 6.07) is 7.40. The number of aryl methyl sites for hydroxylation is 2. The van der Waals surface area contributed by atoms with Gasteiger partial charge in [0.1, 0.15) is 17.1 Å². The number of hydrogen-bond acceptors (Lipinski definition) is 7. The Morgan fingerprint density at radius 3 is 2.93 bits per heavy atom. The van der Waals surface area contributed by atoms with Gasteiger partial charge in [0.25, 0.3) is 5.56 Å². The Morgan fingerprint density at radius 2 is 2.11 bits per heavy atom. The van der Waals surface area contributed by atoms with Crippen LogP contribution in [-0.2, 0) is 19.4 Å². The number of rotatable bonds is 4. The van der Waals surface area contributed by atoms with Crippen molar-refractivity contribution in [3.05, 3.63) is 57.3 Å². The number of nitrogens with zero attached hydrogens (tertiary/aromatic N) is 4. The predicted octanol–water partition coefficient (Wildman–Crippen LogP) is 3.05. The summed E-state index contributed by atoms with van der Waals surface area (Å²) >= 11 is 1.63. The van der Waals surface area contributed by atoms with Crippen LogP contribution in [0.15, 0.2) is 39.9 Å². The van der Waals surface area contributed by atoms with Gasteiger partial charge in [-0.05, 0) is 49.1 Å². The Kier molecular flexibility index (Phi) is 3.78. The van der Waals surface area contributed by atoms with Gasteiger partial charge in [-0.2, -0.15) is 4.98 Å². The molecule has 4 aromatic rings. The number of aromatic nitrogens is 4. The molecule has 0 saturated heterocycles. The van der Waals surface area contributed by atoms with Crippen molar-refractivity contribution >= 4 is 21.6 Å². The first-order valence-electron chi connectivity index (χ1n) is 8.69. The Hall–Kier alpha value is -3.00. The molecule has 3 aromatic heterocycles. The number of fused-ring (bicyclic) bond motifs is 3. The van der Waals surface area contributed by atoms with E-state index in [1.54, 1.807) is 29.3 Å². The van der Waals surface area contributed by atoms with Gasteiger partial charge in [-0.15, -0.1) is 11.3 Å². The van der Waals surface area contributed by atoms with Crippen molar-refractivity contribution < 1.29 is 9.26 Å². The maximum absolute atomic E-state index is 12.9. The third-order valence-electron chi connectivity index (χ3n) is 4.81. The fourth-order valence-electron chi connectivity index (χ4n) is 3.45. The fraction of sp³-hybridized carbons (Fsp3) is 0.263. The van der Waals surface area contributed by atoms with Crippen molar-refractivity contribution in [3.8, 4) is 17.1 Å². The molecule has 8 heteroatoms. The standard InChI is InChI=1S/C19H16N4O3S/c1-25-12-7-5-11(6-8-12)17-21-15(26-22-17)9-23-10-20-18-16(19(23)24)13-3-2-4-14(13)27-18/h5-8,10H,2-4,9H2,1H3. The minimum absolute atomic E-state index is 0.0383. The molecule has 0 amide bonds. The minimum atomic E-state index is -0.0383. The third-order valence-corrected chi connectivity index (χ3v) is 6.01. The van der Waals surface area contributed by atoms with Crippen molar-refractivity contribution in [1.29, 1.82) is 0 Å². The minimum Gasteiger partial charge on any atom is -0.497 e. The lowest BCUT2D eigenvalue weighted by atomic mass is 10.2. The normalized spacial score (nSPS) is 13.2. The highest BCUT2D eigenvalue weighted by Gasteiger charge is 2.21. The molecule has 0 saturated carbocycles. The largest absolute Gasteiger partial charge is 0.497 e. The molecular weight excluding hydrogens is 364 g/mol. The van der Waals surface area contributed by atoms with Crippen LogP contribution in [0.3, 0.4) is 0 Å². The SMILES string of the molecule is COc1ccc(-c2noc(Cn3cnc4sc5c(c4c3=O)CCC5)n2)cc1. The molecular formula is C19H16N4O3S. The molecule has 27 heavy (non-hydrogen) atoms. The second kappa shape index (κ2) is 6.31. The van der Waals surface area contributed by atoms with Crippen LogP contribution >= 0.6 is 11.3 Å². The van der Waals surface area contributed by atoms with E-state index in [9.17, 15) is 4.79 Å². The van der Waals surface area contributed by atoms with Crippen LogP contribution in [0.1, 0.15) is 22.8 Å². The topological polar surface area (TPSA) is 83.0 Å². The van der Waals surface area contributed by atoms with Crippen molar-refractivity contribution in [1.82, 2.24) is 19.7 Å². The lowest BCUT2D eigenvalue weighted by Crippen LogP contribution is -2.21. The summed E-state index contributed by atoms with van der Waals surface area (Å²) in [7, 11) is 1.62. The average molecular weight is 380 g/mol. The lowest BCUT2D eigenvalue weighted by Gasteiger charge is -2.02. The van der Waals surface area contributed by atoms with Gasteiger partial charge in [-0.3, -0.25) is 9.36 Å². The van der Waals surface area contributed by atoms with Crippen molar-refractivity contribution in [2.75, 3.05) is 7.11 Å². The Labute approximate surface area is 158 Å². The zero-order chi connectivity index (χ0) is 18.4. The summed E-state index contributed by atoms with van der Waals surface area (Å²) < 4.78 is 12.0. The van der Waals surface area contributed by atoms with E-state index in [2.05, 4.69) is 15.1 Å². The molecule has 0 atom stereocenters. The Balaban J connectivity index is 1.46. The Morgan fingerprint density at radius 1 is 1.26 bits per heavy atom. The van der Waals surface area contributed by atoms with Crippen LogP contribution < -0.4 is 10.3 Å². The van der Waals surface area contributed by atoms with Gasteiger partial charge in [0.15, 0.2) is 0 Å². The van der Waals surface area contributed by atoms with Crippen LogP contribution in [-0.4, -0.2) is 26.8 Å². The van der Waals surface area contributed by atoms with Crippen LogP contribution in [0.2, 0.25) is 0 Å². The van der Waals surface area contributed by atoms with E-state index >= 15 is 0 Å². The van der Waals surface area contributed by atoms with Gasteiger partial charge in [0, 0.05) is 10.4 Å². The van der Waals surface area contributed by atoms with Crippen LogP contribution in [0.25, 0.3) is 21.6 Å². The molecule has 0 fully saturated rings. The van der Waals surface area contributed by atoms with E-state index in [0.29, 0.717) is 11.7 Å². The van der Waals surface area contributed by atoms with Gasteiger partial charge in [0.2, 0.25) is 11.7 Å².